The largest absolute Gasteiger partial charge is 0.488 e. The van der Waals surface area contributed by atoms with Gasteiger partial charge in [-0.1, -0.05) is 6.42 Å². The summed E-state index contributed by atoms with van der Waals surface area (Å²) in [4.78, 5) is 37.8. The van der Waals surface area contributed by atoms with Crippen molar-refractivity contribution >= 4 is 17.7 Å². The maximum Gasteiger partial charge on any atom is 0.255 e. The minimum Gasteiger partial charge on any atom is -0.488 e. The summed E-state index contributed by atoms with van der Waals surface area (Å²) in [5, 5.41) is 2.32. The molecule has 1 unspecified atom stereocenters. The SMILES string of the molecule is CO[C@@H]1CCCC[C@@H]1Oc1ccc2c(c1)CN(C1CCC(=O)NC1=O)C2=O. The van der Waals surface area contributed by atoms with Crippen LogP contribution >= 0.6 is 0 Å². The average molecular weight is 372 g/mol. The highest BCUT2D eigenvalue weighted by molar-refractivity contribution is 6.05. The fourth-order valence-corrected chi connectivity index (χ4v) is 4.27. The molecule has 3 atom stereocenters. The second-order valence-corrected chi connectivity index (χ2v) is 7.43. The van der Waals surface area contributed by atoms with E-state index in [2.05, 4.69) is 5.32 Å². The Kier molecular flexibility index (Phi) is 4.86. The molecule has 3 amide bonds. The number of hydrogen-bond acceptors (Lipinski definition) is 5. The van der Waals surface area contributed by atoms with Crippen molar-refractivity contribution < 1.29 is 23.9 Å². The summed E-state index contributed by atoms with van der Waals surface area (Å²) in [7, 11) is 1.71. The van der Waals surface area contributed by atoms with Crippen LogP contribution in [0.5, 0.6) is 5.75 Å². The van der Waals surface area contributed by atoms with Crippen LogP contribution in [0.2, 0.25) is 0 Å². The van der Waals surface area contributed by atoms with Crippen molar-refractivity contribution in [2.75, 3.05) is 7.11 Å². The number of benzene rings is 1. The number of carbonyl (C=O) groups excluding carboxylic acids is 3. The fourth-order valence-electron chi connectivity index (χ4n) is 4.27. The zero-order valence-corrected chi connectivity index (χ0v) is 15.4. The van der Waals surface area contributed by atoms with Crippen LogP contribution < -0.4 is 10.1 Å². The standard InChI is InChI=1S/C20H24N2O5/c1-26-16-4-2-3-5-17(16)27-13-6-7-14-12(10-13)11-22(20(14)25)15-8-9-18(23)21-19(15)24/h6-7,10,15-17H,2-5,8-9,11H2,1H3,(H,21,23,24)/t15?,16-,17+/m1/s1. The average Bonchev–Trinajstić information content (AvgIpc) is 2.98. The zero-order chi connectivity index (χ0) is 19.0. The number of amides is 3. The molecule has 1 aromatic rings. The highest BCUT2D eigenvalue weighted by Crippen LogP contribution is 2.32. The molecular formula is C20H24N2O5. The third-order valence-corrected chi connectivity index (χ3v) is 5.73. The molecule has 2 heterocycles. The zero-order valence-electron chi connectivity index (χ0n) is 15.4. The first-order valence-electron chi connectivity index (χ1n) is 9.54. The van der Waals surface area contributed by atoms with Gasteiger partial charge in [-0.3, -0.25) is 19.7 Å². The highest BCUT2D eigenvalue weighted by Gasteiger charge is 2.39. The van der Waals surface area contributed by atoms with E-state index in [1.54, 1.807) is 18.1 Å². The van der Waals surface area contributed by atoms with Crippen molar-refractivity contribution in [2.24, 2.45) is 0 Å². The van der Waals surface area contributed by atoms with Crippen molar-refractivity contribution in [1.29, 1.82) is 0 Å². The highest BCUT2D eigenvalue weighted by atomic mass is 16.5. The van der Waals surface area contributed by atoms with E-state index in [-0.39, 0.29) is 30.4 Å². The normalized spacial score (nSPS) is 28.1. The molecule has 0 spiro atoms. The molecule has 2 aliphatic heterocycles. The van der Waals surface area contributed by atoms with E-state index < -0.39 is 11.9 Å². The van der Waals surface area contributed by atoms with Crippen molar-refractivity contribution in [3.63, 3.8) is 0 Å². The maximum atomic E-state index is 12.7. The van der Waals surface area contributed by atoms with Crippen LogP contribution in [0.25, 0.3) is 0 Å². The summed E-state index contributed by atoms with van der Waals surface area (Å²) in [5.41, 5.74) is 1.45. The van der Waals surface area contributed by atoms with Gasteiger partial charge in [-0.2, -0.15) is 0 Å². The Hall–Kier alpha value is -2.41. The number of rotatable bonds is 4. The van der Waals surface area contributed by atoms with Crippen LogP contribution in [0.4, 0.5) is 0 Å². The van der Waals surface area contributed by atoms with Gasteiger partial charge in [-0.05, 0) is 49.4 Å². The topological polar surface area (TPSA) is 84.9 Å². The van der Waals surface area contributed by atoms with Crippen LogP contribution in [0.3, 0.4) is 0 Å². The van der Waals surface area contributed by atoms with Gasteiger partial charge in [0.15, 0.2) is 0 Å². The minimum atomic E-state index is -0.594. The Morgan fingerprint density at radius 3 is 2.59 bits per heavy atom. The van der Waals surface area contributed by atoms with Crippen LogP contribution in [0.1, 0.15) is 54.4 Å². The Labute approximate surface area is 158 Å². The molecule has 1 N–H and O–H groups in total. The molecule has 1 saturated carbocycles. The number of nitrogens with zero attached hydrogens (tertiary/aromatic N) is 1. The van der Waals surface area contributed by atoms with E-state index in [4.69, 9.17) is 9.47 Å². The quantitative estimate of drug-likeness (QED) is 0.815. The molecule has 0 bridgehead atoms. The van der Waals surface area contributed by atoms with E-state index in [9.17, 15) is 14.4 Å². The number of nitrogens with one attached hydrogen (secondary N) is 1. The van der Waals surface area contributed by atoms with Gasteiger partial charge in [-0.25, -0.2) is 0 Å². The molecule has 1 saturated heterocycles. The lowest BCUT2D eigenvalue weighted by atomic mass is 9.94. The molecular weight excluding hydrogens is 348 g/mol. The smallest absolute Gasteiger partial charge is 0.255 e. The van der Waals surface area contributed by atoms with Gasteiger partial charge in [0.05, 0.1) is 6.10 Å². The lowest BCUT2D eigenvalue weighted by Gasteiger charge is -2.30. The summed E-state index contributed by atoms with van der Waals surface area (Å²) in [5.74, 6) is -0.121. The second kappa shape index (κ2) is 7.31. The molecule has 7 nitrogen and oxygen atoms in total. The maximum absolute atomic E-state index is 12.7. The third kappa shape index (κ3) is 3.43. The van der Waals surface area contributed by atoms with Crippen molar-refractivity contribution in [2.45, 2.75) is 63.3 Å². The molecule has 0 aromatic heterocycles. The van der Waals surface area contributed by atoms with Crippen LogP contribution in [-0.2, 0) is 20.9 Å². The minimum absolute atomic E-state index is 0.0187. The lowest BCUT2D eigenvalue weighted by molar-refractivity contribution is -0.136. The molecule has 4 rings (SSSR count). The molecule has 3 aliphatic rings. The molecule has 144 valence electrons. The first kappa shape index (κ1) is 18.0. The molecule has 27 heavy (non-hydrogen) atoms. The summed E-state index contributed by atoms with van der Waals surface area (Å²) >= 11 is 0. The molecule has 2 fully saturated rings. The monoisotopic (exact) mass is 372 g/mol. The van der Waals surface area contributed by atoms with Gasteiger partial charge >= 0.3 is 0 Å². The Morgan fingerprint density at radius 1 is 1.07 bits per heavy atom. The predicted molar refractivity (Wildman–Crippen MR) is 96.2 cm³/mol. The summed E-state index contributed by atoms with van der Waals surface area (Å²) in [6.45, 7) is 0.357. The van der Waals surface area contributed by atoms with Gasteiger partial charge < -0.3 is 14.4 Å². The Morgan fingerprint density at radius 2 is 1.85 bits per heavy atom. The van der Waals surface area contributed by atoms with E-state index in [1.807, 2.05) is 12.1 Å². The molecule has 1 aromatic carbocycles. The summed E-state index contributed by atoms with van der Waals surface area (Å²) in [6.07, 6.45) is 4.95. The molecule has 1 aliphatic carbocycles. The number of hydrogen-bond donors (Lipinski definition) is 1. The van der Waals surface area contributed by atoms with Gasteiger partial charge in [0.25, 0.3) is 5.91 Å². The van der Waals surface area contributed by atoms with Crippen molar-refractivity contribution in [1.82, 2.24) is 10.2 Å². The van der Waals surface area contributed by atoms with Crippen LogP contribution in [0, 0.1) is 0 Å². The van der Waals surface area contributed by atoms with Crippen molar-refractivity contribution in [3.05, 3.63) is 29.3 Å². The van der Waals surface area contributed by atoms with Gasteiger partial charge in [0.2, 0.25) is 11.8 Å². The number of ether oxygens (including phenoxy) is 2. The number of piperidine rings is 1. The second-order valence-electron chi connectivity index (χ2n) is 7.43. The van der Waals surface area contributed by atoms with E-state index >= 15 is 0 Å². The van der Waals surface area contributed by atoms with Gasteiger partial charge in [-0.15, -0.1) is 0 Å². The molecule has 7 heteroatoms. The number of imide groups is 1. The first-order chi connectivity index (χ1) is 13.1. The number of fused-ring (bicyclic) bond motifs is 1. The summed E-state index contributed by atoms with van der Waals surface area (Å²) < 4.78 is 11.7. The summed E-state index contributed by atoms with van der Waals surface area (Å²) in [6, 6.07) is 4.87. The Balaban J connectivity index is 1.49. The first-order valence-corrected chi connectivity index (χ1v) is 9.54. The Bertz CT molecular complexity index is 778. The number of methoxy groups -OCH3 is 1. The molecule has 0 radical (unpaired) electrons. The number of carbonyl (C=O) groups is 3. The van der Waals surface area contributed by atoms with E-state index in [0.717, 1.165) is 37.0 Å². The predicted octanol–water partition coefficient (Wildman–Crippen LogP) is 1.78. The third-order valence-electron chi connectivity index (χ3n) is 5.73. The van der Waals surface area contributed by atoms with Crippen LogP contribution in [-0.4, -0.2) is 48.0 Å². The fraction of sp³-hybridized carbons (Fsp3) is 0.550. The lowest BCUT2D eigenvalue weighted by Crippen LogP contribution is -2.52. The van der Waals surface area contributed by atoms with E-state index in [0.29, 0.717) is 18.5 Å². The van der Waals surface area contributed by atoms with Gasteiger partial charge in [0.1, 0.15) is 17.9 Å². The van der Waals surface area contributed by atoms with Gasteiger partial charge in [0, 0.05) is 25.6 Å². The van der Waals surface area contributed by atoms with E-state index in [1.165, 1.54) is 0 Å². The van der Waals surface area contributed by atoms with Crippen LogP contribution in [0.15, 0.2) is 18.2 Å². The van der Waals surface area contributed by atoms with Crippen molar-refractivity contribution in [3.8, 4) is 5.75 Å².